The first-order valence-corrected chi connectivity index (χ1v) is 10.7. The standard InChI is InChI=1S/C26H23N3O6/c1-29(17-9-5-4-6-10-17)25(30)19-11-7-8-12-20(19)26(31)34-16-23-27-24(28-35-23)21-14-13-18(32-2)15-22(21)33-3/h4-15H,16H2,1-3H3. The van der Waals surface area contributed by atoms with E-state index in [9.17, 15) is 9.59 Å². The number of aromatic nitrogens is 2. The molecule has 3 aromatic carbocycles. The molecule has 9 heteroatoms. The maximum atomic E-state index is 13.1. The van der Waals surface area contributed by atoms with Gasteiger partial charge in [0.15, 0.2) is 6.61 Å². The predicted octanol–water partition coefficient (Wildman–Crippen LogP) is 4.39. The molecule has 0 saturated carbocycles. The molecule has 0 atom stereocenters. The second kappa shape index (κ2) is 10.5. The summed E-state index contributed by atoms with van der Waals surface area (Å²) in [6.07, 6.45) is 0. The van der Waals surface area contributed by atoms with Gasteiger partial charge in [-0.1, -0.05) is 35.5 Å². The van der Waals surface area contributed by atoms with E-state index in [1.165, 1.54) is 18.1 Å². The van der Waals surface area contributed by atoms with Gasteiger partial charge in [-0.05, 0) is 36.4 Å². The van der Waals surface area contributed by atoms with Crippen LogP contribution in [0.25, 0.3) is 11.4 Å². The molecule has 0 aliphatic rings. The lowest BCUT2D eigenvalue weighted by Gasteiger charge is -2.18. The Bertz CT molecular complexity index is 1340. The molecule has 0 aliphatic heterocycles. The number of carbonyl (C=O) groups is 2. The molecular weight excluding hydrogens is 450 g/mol. The molecule has 0 aliphatic carbocycles. The Kier molecular flexibility index (Phi) is 7.06. The molecule has 0 bridgehead atoms. The molecule has 0 unspecified atom stereocenters. The number of rotatable bonds is 8. The molecule has 0 N–H and O–H groups in total. The van der Waals surface area contributed by atoms with E-state index in [-0.39, 0.29) is 35.4 Å². The highest BCUT2D eigenvalue weighted by Gasteiger charge is 2.22. The molecule has 9 nitrogen and oxygen atoms in total. The van der Waals surface area contributed by atoms with Crippen molar-refractivity contribution < 1.29 is 28.3 Å². The zero-order valence-electron chi connectivity index (χ0n) is 19.4. The van der Waals surface area contributed by atoms with Crippen molar-refractivity contribution in [2.24, 2.45) is 0 Å². The topological polar surface area (TPSA) is 104 Å². The second-order valence-electron chi connectivity index (χ2n) is 7.40. The first kappa shape index (κ1) is 23.5. The van der Waals surface area contributed by atoms with Gasteiger partial charge in [-0.3, -0.25) is 4.79 Å². The van der Waals surface area contributed by atoms with E-state index in [0.717, 1.165) is 0 Å². The minimum Gasteiger partial charge on any atom is -0.497 e. The van der Waals surface area contributed by atoms with Gasteiger partial charge in [-0.2, -0.15) is 4.98 Å². The average molecular weight is 473 g/mol. The number of esters is 1. The van der Waals surface area contributed by atoms with E-state index in [1.807, 2.05) is 30.3 Å². The summed E-state index contributed by atoms with van der Waals surface area (Å²) >= 11 is 0. The molecule has 35 heavy (non-hydrogen) atoms. The van der Waals surface area contributed by atoms with Crippen molar-refractivity contribution >= 4 is 17.6 Å². The van der Waals surface area contributed by atoms with Crippen molar-refractivity contribution in [1.29, 1.82) is 0 Å². The van der Waals surface area contributed by atoms with Gasteiger partial charge in [0.25, 0.3) is 11.8 Å². The SMILES string of the molecule is COc1ccc(-c2noc(COC(=O)c3ccccc3C(=O)N(C)c3ccccc3)n2)c(OC)c1. The van der Waals surface area contributed by atoms with E-state index in [1.54, 1.807) is 50.6 Å². The van der Waals surface area contributed by atoms with Crippen LogP contribution in [0.5, 0.6) is 11.5 Å². The molecule has 1 aromatic heterocycles. The average Bonchev–Trinajstić information content (AvgIpc) is 3.39. The van der Waals surface area contributed by atoms with E-state index >= 15 is 0 Å². The highest BCUT2D eigenvalue weighted by Crippen LogP contribution is 2.31. The van der Waals surface area contributed by atoms with Gasteiger partial charge < -0.3 is 23.6 Å². The number of nitrogens with zero attached hydrogens (tertiary/aromatic N) is 3. The first-order valence-electron chi connectivity index (χ1n) is 10.7. The summed E-state index contributed by atoms with van der Waals surface area (Å²) in [4.78, 5) is 31.7. The van der Waals surface area contributed by atoms with Crippen LogP contribution in [-0.2, 0) is 11.3 Å². The van der Waals surface area contributed by atoms with Crippen molar-refractivity contribution in [3.63, 3.8) is 0 Å². The van der Waals surface area contributed by atoms with Crippen LogP contribution in [0.4, 0.5) is 5.69 Å². The molecule has 178 valence electrons. The van der Waals surface area contributed by atoms with Crippen molar-refractivity contribution in [2.45, 2.75) is 6.61 Å². The third-order valence-corrected chi connectivity index (χ3v) is 5.27. The minimum atomic E-state index is -0.683. The van der Waals surface area contributed by atoms with Crippen molar-refractivity contribution in [1.82, 2.24) is 10.1 Å². The molecule has 4 aromatic rings. The number of hydrogen-bond acceptors (Lipinski definition) is 8. The monoisotopic (exact) mass is 473 g/mol. The molecule has 0 spiro atoms. The Morgan fingerprint density at radius 2 is 1.63 bits per heavy atom. The van der Waals surface area contributed by atoms with Gasteiger partial charge in [-0.25, -0.2) is 4.79 Å². The van der Waals surface area contributed by atoms with Crippen LogP contribution in [0.1, 0.15) is 26.6 Å². The molecule has 0 saturated heterocycles. The van der Waals surface area contributed by atoms with Crippen molar-refractivity contribution in [3.05, 3.63) is 89.8 Å². The fourth-order valence-corrected chi connectivity index (χ4v) is 3.41. The maximum absolute atomic E-state index is 13.1. The minimum absolute atomic E-state index is 0.0939. The number of amides is 1. The molecule has 0 fully saturated rings. The van der Waals surface area contributed by atoms with Crippen LogP contribution < -0.4 is 14.4 Å². The van der Waals surface area contributed by atoms with Crippen LogP contribution in [0, 0.1) is 0 Å². The summed E-state index contributed by atoms with van der Waals surface area (Å²) in [5.74, 6) is 0.470. The molecule has 1 amide bonds. The number of anilines is 1. The molecule has 0 radical (unpaired) electrons. The summed E-state index contributed by atoms with van der Waals surface area (Å²) in [6.45, 7) is -0.263. The number of para-hydroxylation sites is 1. The Morgan fingerprint density at radius 3 is 2.34 bits per heavy atom. The second-order valence-corrected chi connectivity index (χ2v) is 7.40. The van der Waals surface area contributed by atoms with Crippen LogP contribution in [0.2, 0.25) is 0 Å². The zero-order chi connectivity index (χ0) is 24.8. The van der Waals surface area contributed by atoms with E-state index in [0.29, 0.717) is 22.7 Å². The lowest BCUT2D eigenvalue weighted by atomic mass is 10.1. The van der Waals surface area contributed by atoms with Crippen molar-refractivity contribution in [2.75, 3.05) is 26.2 Å². The van der Waals surface area contributed by atoms with E-state index in [4.69, 9.17) is 18.7 Å². The highest BCUT2D eigenvalue weighted by molar-refractivity contribution is 6.11. The Labute approximate surface area is 201 Å². The summed E-state index contributed by atoms with van der Waals surface area (Å²) < 4.78 is 21.2. The quantitative estimate of drug-likeness (QED) is 0.347. The molecule has 1 heterocycles. The number of methoxy groups -OCH3 is 2. The van der Waals surface area contributed by atoms with E-state index in [2.05, 4.69) is 10.1 Å². The third-order valence-electron chi connectivity index (χ3n) is 5.27. The first-order chi connectivity index (χ1) is 17.0. The zero-order valence-corrected chi connectivity index (χ0v) is 19.4. The number of carbonyl (C=O) groups excluding carboxylic acids is 2. The van der Waals surface area contributed by atoms with Gasteiger partial charge in [0.2, 0.25) is 5.82 Å². The predicted molar refractivity (Wildman–Crippen MR) is 128 cm³/mol. The van der Waals surface area contributed by atoms with Crippen LogP contribution in [0.15, 0.2) is 77.3 Å². The van der Waals surface area contributed by atoms with Gasteiger partial charge >= 0.3 is 5.97 Å². The normalized spacial score (nSPS) is 10.5. The highest BCUT2D eigenvalue weighted by atomic mass is 16.6. The Morgan fingerprint density at radius 1 is 0.914 bits per heavy atom. The van der Waals surface area contributed by atoms with Crippen LogP contribution in [-0.4, -0.2) is 43.3 Å². The summed E-state index contributed by atoms with van der Waals surface area (Å²) in [5.41, 5.74) is 1.65. The Hall–Kier alpha value is -4.66. The summed E-state index contributed by atoms with van der Waals surface area (Å²) in [7, 11) is 4.73. The number of benzene rings is 3. The summed E-state index contributed by atoms with van der Waals surface area (Å²) in [5, 5.41) is 3.94. The lowest BCUT2D eigenvalue weighted by molar-refractivity contribution is 0.0427. The smallest absolute Gasteiger partial charge is 0.339 e. The fourth-order valence-electron chi connectivity index (χ4n) is 3.41. The number of ether oxygens (including phenoxy) is 3. The van der Waals surface area contributed by atoms with Gasteiger partial charge in [0.1, 0.15) is 11.5 Å². The molecule has 4 rings (SSSR count). The maximum Gasteiger partial charge on any atom is 0.339 e. The van der Waals surface area contributed by atoms with Gasteiger partial charge in [-0.15, -0.1) is 0 Å². The lowest BCUT2D eigenvalue weighted by Crippen LogP contribution is -2.28. The summed E-state index contributed by atoms with van der Waals surface area (Å²) in [6, 6.07) is 20.8. The van der Waals surface area contributed by atoms with E-state index < -0.39 is 5.97 Å². The fraction of sp³-hybridized carbons (Fsp3) is 0.154. The third kappa shape index (κ3) is 5.14. The van der Waals surface area contributed by atoms with Gasteiger partial charge in [0.05, 0.1) is 30.9 Å². The molecular formula is C26H23N3O6. The van der Waals surface area contributed by atoms with Gasteiger partial charge in [0, 0.05) is 18.8 Å². The largest absolute Gasteiger partial charge is 0.497 e. The van der Waals surface area contributed by atoms with Crippen LogP contribution in [0.3, 0.4) is 0 Å². The number of hydrogen-bond donors (Lipinski definition) is 0. The van der Waals surface area contributed by atoms with Crippen LogP contribution >= 0.6 is 0 Å². The Balaban J connectivity index is 1.48. The van der Waals surface area contributed by atoms with Crippen molar-refractivity contribution in [3.8, 4) is 22.9 Å².